The molecule has 0 bridgehead atoms. The van der Waals surface area contributed by atoms with Gasteiger partial charge in [0.05, 0.1) is 6.54 Å². The predicted molar refractivity (Wildman–Crippen MR) is 108 cm³/mol. The van der Waals surface area contributed by atoms with E-state index in [9.17, 15) is 5.21 Å². The highest BCUT2D eigenvalue weighted by Gasteiger charge is 2.01. The average Bonchev–Trinajstić information content (AvgIpc) is 2.61. The second kappa shape index (κ2) is 20.7. The lowest BCUT2D eigenvalue weighted by atomic mass is 9.96. The van der Waals surface area contributed by atoms with Crippen LogP contribution in [0.25, 0.3) is 0 Å². The van der Waals surface area contributed by atoms with E-state index in [2.05, 4.69) is 26.0 Å². The van der Waals surface area contributed by atoms with Gasteiger partial charge < -0.3 is 10.7 Å². The maximum atomic E-state index is 10.2. The first-order chi connectivity index (χ1) is 11.8. The molecule has 0 aromatic carbocycles. The lowest BCUT2D eigenvalue weighted by molar-refractivity contribution is -0.589. The second-order valence-corrected chi connectivity index (χ2v) is 7.36. The number of unbranched alkanes of at least 4 members (excludes halogenated alkanes) is 11. The number of allylic oxidation sites excluding steroid dienone is 2. The molecule has 0 radical (unpaired) electrons. The van der Waals surface area contributed by atoms with Gasteiger partial charge in [0.1, 0.15) is 0 Å². The SMILES string of the molecule is CCC(CC)CCCCCCC/C=C\CCCCCCCC[NH2+][O-]. The molecule has 0 atom stereocenters. The summed E-state index contributed by atoms with van der Waals surface area (Å²) in [6.45, 7) is 5.41. The molecule has 0 aliphatic heterocycles. The largest absolute Gasteiger partial charge is 0.636 e. The lowest BCUT2D eigenvalue weighted by Gasteiger charge is -2.11. The molecule has 0 saturated heterocycles. The Bertz CT molecular complexity index is 248. The third-order valence-electron chi connectivity index (χ3n) is 5.25. The highest BCUT2D eigenvalue weighted by atomic mass is 16.5. The van der Waals surface area contributed by atoms with Gasteiger partial charge in [0, 0.05) is 0 Å². The molecule has 144 valence electrons. The van der Waals surface area contributed by atoms with Crippen LogP contribution in [0.4, 0.5) is 0 Å². The third kappa shape index (κ3) is 18.0. The maximum absolute atomic E-state index is 10.2. The van der Waals surface area contributed by atoms with Gasteiger partial charge in [-0.25, -0.2) is 0 Å². The average molecular weight is 340 g/mol. The molecule has 0 aromatic rings. The Hall–Kier alpha value is -0.340. The number of hydroxylamine groups is 1. The van der Waals surface area contributed by atoms with Crippen LogP contribution in [-0.4, -0.2) is 6.54 Å². The molecule has 0 spiro atoms. The van der Waals surface area contributed by atoms with E-state index >= 15 is 0 Å². The fraction of sp³-hybridized carbons (Fsp3) is 0.909. The van der Waals surface area contributed by atoms with E-state index in [0.29, 0.717) is 0 Å². The minimum absolute atomic E-state index is 0.751. The topological polar surface area (TPSA) is 39.7 Å². The Balaban J connectivity index is 3.14. The van der Waals surface area contributed by atoms with Crippen molar-refractivity contribution in [1.82, 2.24) is 0 Å². The summed E-state index contributed by atoms with van der Waals surface area (Å²) in [7, 11) is 0. The Kier molecular flexibility index (Phi) is 20.4. The molecule has 0 aliphatic carbocycles. The zero-order chi connectivity index (χ0) is 17.7. The summed E-state index contributed by atoms with van der Waals surface area (Å²) in [4.78, 5) is 0. The number of rotatable bonds is 19. The molecule has 2 nitrogen and oxygen atoms in total. The number of quaternary nitrogens is 1. The van der Waals surface area contributed by atoms with Crippen LogP contribution < -0.4 is 5.48 Å². The standard InChI is InChI=1S/C22H45NO/c1-3-22(4-2)20-18-16-14-12-10-8-6-5-7-9-11-13-15-17-19-21-23-24/h5-6,22H,3-4,7-21,23H2,1-2H3/b6-5-. The molecule has 0 heterocycles. The van der Waals surface area contributed by atoms with Gasteiger partial charge in [-0.3, -0.25) is 0 Å². The number of hydrogen-bond donors (Lipinski definition) is 1. The molecule has 0 saturated carbocycles. The van der Waals surface area contributed by atoms with Crippen molar-refractivity contribution in [1.29, 1.82) is 0 Å². The summed E-state index contributed by atoms with van der Waals surface area (Å²) in [5, 5.41) is 10.2. The van der Waals surface area contributed by atoms with Crippen molar-refractivity contribution in [3.05, 3.63) is 17.4 Å². The first-order valence-electron chi connectivity index (χ1n) is 10.9. The quantitative estimate of drug-likeness (QED) is 0.163. The highest BCUT2D eigenvalue weighted by Crippen LogP contribution is 2.17. The van der Waals surface area contributed by atoms with Gasteiger partial charge in [0.2, 0.25) is 0 Å². The van der Waals surface area contributed by atoms with Gasteiger partial charge in [-0.1, -0.05) is 90.2 Å². The first-order valence-corrected chi connectivity index (χ1v) is 10.9. The summed E-state index contributed by atoms with van der Waals surface area (Å²) < 4.78 is 0. The van der Waals surface area contributed by atoms with Crippen LogP contribution in [0.2, 0.25) is 0 Å². The van der Waals surface area contributed by atoms with Crippen molar-refractivity contribution in [3.63, 3.8) is 0 Å². The summed E-state index contributed by atoms with van der Waals surface area (Å²) in [6, 6.07) is 0. The van der Waals surface area contributed by atoms with Gasteiger partial charge >= 0.3 is 0 Å². The zero-order valence-electron chi connectivity index (χ0n) is 16.7. The molecule has 0 aromatic heterocycles. The summed E-state index contributed by atoms with van der Waals surface area (Å²) in [5.41, 5.74) is 1.04. The maximum Gasteiger partial charge on any atom is 0.0752 e. The molecule has 0 unspecified atom stereocenters. The van der Waals surface area contributed by atoms with Crippen molar-refractivity contribution >= 4 is 0 Å². The molecule has 0 rings (SSSR count). The molecular weight excluding hydrogens is 294 g/mol. The Morgan fingerprint density at radius 2 is 1.12 bits per heavy atom. The van der Waals surface area contributed by atoms with Crippen LogP contribution in [0.1, 0.15) is 117 Å². The van der Waals surface area contributed by atoms with Gasteiger partial charge in [0.15, 0.2) is 0 Å². The normalized spacial score (nSPS) is 11.8. The monoisotopic (exact) mass is 339 g/mol. The van der Waals surface area contributed by atoms with Crippen LogP contribution >= 0.6 is 0 Å². The smallest absolute Gasteiger partial charge is 0.0752 e. The molecular formula is C22H45NO. The van der Waals surface area contributed by atoms with Crippen LogP contribution in [0, 0.1) is 11.1 Å². The van der Waals surface area contributed by atoms with Gasteiger partial charge in [-0.2, -0.15) is 0 Å². The second-order valence-electron chi connectivity index (χ2n) is 7.36. The summed E-state index contributed by atoms with van der Waals surface area (Å²) >= 11 is 0. The van der Waals surface area contributed by atoms with E-state index in [1.54, 1.807) is 0 Å². The lowest BCUT2D eigenvalue weighted by Crippen LogP contribution is -2.77. The van der Waals surface area contributed by atoms with Crippen LogP contribution in [0.3, 0.4) is 0 Å². The van der Waals surface area contributed by atoms with E-state index in [4.69, 9.17) is 0 Å². The van der Waals surface area contributed by atoms with E-state index < -0.39 is 0 Å². The van der Waals surface area contributed by atoms with Gasteiger partial charge in [-0.15, -0.1) is 0 Å². The Morgan fingerprint density at radius 1 is 0.667 bits per heavy atom. The number of nitrogens with two attached hydrogens (primary N) is 1. The van der Waals surface area contributed by atoms with Crippen molar-refractivity contribution < 1.29 is 5.48 Å². The van der Waals surface area contributed by atoms with E-state index in [0.717, 1.165) is 24.4 Å². The van der Waals surface area contributed by atoms with Gasteiger partial charge in [-0.05, 0) is 44.4 Å². The van der Waals surface area contributed by atoms with Crippen LogP contribution in [0.5, 0.6) is 0 Å². The highest BCUT2D eigenvalue weighted by molar-refractivity contribution is 4.81. The molecule has 2 N–H and O–H groups in total. The molecule has 0 amide bonds. The van der Waals surface area contributed by atoms with E-state index in [1.165, 1.54) is 96.3 Å². The molecule has 2 heteroatoms. The first kappa shape index (κ1) is 23.7. The Labute approximate surface area is 152 Å². The van der Waals surface area contributed by atoms with Crippen LogP contribution in [0.15, 0.2) is 12.2 Å². The Morgan fingerprint density at radius 3 is 1.62 bits per heavy atom. The minimum Gasteiger partial charge on any atom is -0.636 e. The van der Waals surface area contributed by atoms with Crippen LogP contribution in [-0.2, 0) is 0 Å². The van der Waals surface area contributed by atoms with E-state index in [-0.39, 0.29) is 0 Å². The van der Waals surface area contributed by atoms with Crippen molar-refractivity contribution in [2.75, 3.05) is 6.54 Å². The fourth-order valence-electron chi connectivity index (χ4n) is 3.36. The minimum atomic E-state index is 0.751. The third-order valence-corrected chi connectivity index (χ3v) is 5.25. The summed E-state index contributed by atoms with van der Waals surface area (Å²) in [6.07, 6.45) is 26.2. The fourth-order valence-corrected chi connectivity index (χ4v) is 3.36. The van der Waals surface area contributed by atoms with Gasteiger partial charge in [0.25, 0.3) is 0 Å². The predicted octanol–water partition coefficient (Wildman–Crippen LogP) is 6.50. The van der Waals surface area contributed by atoms with Crippen molar-refractivity contribution in [2.45, 2.75) is 117 Å². The van der Waals surface area contributed by atoms with E-state index in [1.807, 2.05) is 0 Å². The number of hydrogen-bond acceptors (Lipinski definition) is 1. The molecule has 0 fully saturated rings. The summed E-state index contributed by atoms with van der Waals surface area (Å²) in [5.74, 6) is 0.976. The van der Waals surface area contributed by atoms with Crippen molar-refractivity contribution in [3.8, 4) is 0 Å². The molecule has 0 aliphatic rings. The molecule has 24 heavy (non-hydrogen) atoms. The zero-order valence-corrected chi connectivity index (χ0v) is 16.7. The van der Waals surface area contributed by atoms with Crippen molar-refractivity contribution in [2.24, 2.45) is 5.92 Å².